The second-order valence-electron chi connectivity index (χ2n) is 5.33. The van der Waals surface area contributed by atoms with Gasteiger partial charge in [-0.25, -0.2) is 4.39 Å². The molecule has 1 amide bonds. The van der Waals surface area contributed by atoms with Crippen molar-refractivity contribution >= 4 is 22.9 Å². The van der Waals surface area contributed by atoms with Crippen LogP contribution >= 0.6 is 11.3 Å². The van der Waals surface area contributed by atoms with E-state index in [-0.39, 0.29) is 11.7 Å². The Kier molecular flexibility index (Phi) is 4.91. The minimum absolute atomic E-state index is 0.127. The molecule has 3 aromatic rings. The minimum atomic E-state index is -0.271. The van der Waals surface area contributed by atoms with Crippen LogP contribution < -0.4 is 10.1 Å². The SMILES string of the molecule is Cc1ccsc1C(=O)Nc1cccc(OCc2ccc(F)cc2)c1. The molecule has 3 rings (SSSR count). The van der Waals surface area contributed by atoms with Crippen LogP contribution in [0.2, 0.25) is 0 Å². The molecule has 1 N–H and O–H groups in total. The molecule has 1 aromatic heterocycles. The van der Waals surface area contributed by atoms with Crippen molar-refractivity contribution in [3.05, 3.63) is 81.8 Å². The molecule has 0 atom stereocenters. The van der Waals surface area contributed by atoms with Crippen LogP contribution in [0.15, 0.2) is 60.0 Å². The Balaban J connectivity index is 1.64. The van der Waals surface area contributed by atoms with Gasteiger partial charge in [0.25, 0.3) is 5.91 Å². The van der Waals surface area contributed by atoms with Gasteiger partial charge < -0.3 is 10.1 Å². The van der Waals surface area contributed by atoms with Crippen LogP contribution in [0, 0.1) is 12.7 Å². The number of anilines is 1. The minimum Gasteiger partial charge on any atom is -0.489 e. The van der Waals surface area contributed by atoms with Crippen LogP contribution in [0.5, 0.6) is 5.75 Å². The lowest BCUT2D eigenvalue weighted by molar-refractivity contribution is 0.103. The number of rotatable bonds is 5. The Hall–Kier alpha value is -2.66. The number of halogens is 1. The highest BCUT2D eigenvalue weighted by molar-refractivity contribution is 7.12. The summed E-state index contributed by atoms with van der Waals surface area (Å²) in [6.45, 7) is 2.25. The molecule has 0 saturated carbocycles. The van der Waals surface area contributed by atoms with E-state index >= 15 is 0 Å². The number of hydrogen-bond acceptors (Lipinski definition) is 3. The largest absolute Gasteiger partial charge is 0.489 e. The zero-order valence-electron chi connectivity index (χ0n) is 13.1. The summed E-state index contributed by atoms with van der Waals surface area (Å²) in [5, 5.41) is 4.77. The molecule has 0 radical (unpaired) electrons. The third-order valence-corrected chi connectivity index (χ3v) is 4.49. The van der Waals surface area contributed by atoms with Crippen molar-refractivity contribution in [1.82, 2.24) is 0 Å². The highest BCUT2D eigenvalue weighted by Gasteiger charge is 2.10. The van der Waals surface area contributed by atoms with Crippen molar-refractivity contribution < 1.29 is 13.9 Å². The first-order valence-electron chi connectivity index (χ1n) is 7.44. The van der Waals surface area contributed by atoms with Crippen LogP contribution in [-0.4, -0.2) is 5.91 Å². The maximum atomic E-state index is 12.9. The van der Waals surface area contributed by atoms with Crippen LogP contribution in [-0.2, 0) is 6.61 Å². The van der Waals surface area contributed by atoms with Crippen molar-refractivity contribution in [3.63, 3.8) is 0 Å². The molecule has 2 aromatic carbocycles. The lowest BCUT2D eigenvalue weighted by Gasteiger charge is -2.09. The van der Waals surface area contributed by atoms with E-state index in [1.54, 1.807) is 18.2 Å². The molecule has 5 heteroatoms. The second-order valence-corrected chi connectivity index (χ2v) is 6.25. The fraction of sp³-hybridized carbons (Fsp3) is 0.105. The number of hydrogen-bond donors (Lipinski definition) is 1. The first-order chi connectivity index (χ1) is 11.6. The van der Waals surface area contributed by atoms with Gasteiger partial charge in [0.15, 0.2) is 0 Å². The van der Waals surface area contributed by atoms with Crippen molar-refractivity contribution in [1.29, 1.82) is 0 Å². The summed E-state index contributed by atoms with van der Waals surface area (Å²) in [5.41, 5.74) is 2.51. The van der Waals surface area contributed by atoms with Gasteiger partial charge >= 0.3 is 0 Å². The Morgan fingerprint density at radius 2 is 1.96 bits per heavy atom. The smallest absolute Gasteiger partial charge is 0.265 e. The maximum absolute atomic E-state index is 12.9. The molecule has 1 heterocycles. The molecule has 0 aliphatic rings. The third-order valence-electron chi connectivity index (χ3n) is 3.48. The fourth-order valence-electron chi connectivity index (χ4n) is 2.20. The van der Waals surface area contributed by atoms with Gasteiger partial charge in [0.05, 0.1) is 4.88 Å². The van der Waals surface area contributed by atoms with E-state index in [4.69, 9.17) is 4.74 Å². The lowest BCUT2D eigenvalue weighted by atomic mass is 10.2. The molecule has 0 fully saturated rings. The summed E-state index contributed by atoms with van der Waals surface area (Å²) in [4.78, 5) is 12.9. The number of ether oxygens (including phenoxy) is 1. The van der Waals surface area contributed by atoms with Crippen LogP contribution in [0.4, 0.5) is 10.1 Å². The van der Waals surface area contributed by atoms with Gasteiger partial charge in [0, 0.05) is 11.8 Å². The number of thiophene rings is 1. The van der Waals surface area contributed by atoms with E-state index in [1.807, 2.05) is 36.6 Å². The molecule has 24 heavy (non-hydrogen) atoms. The van der Waals surface area contributed by atoms with Crippen molar-refractivity contribution in [2.75, 3.05) is 5.32 Å². The topological polar surface area (TPSA) is 38.3 Å². The van der Waals surface area contributed by atoms with Gasteiger partial charge in [-0.1, -0.05) is 18.2 Å². The lowest BCUT2D eigenvalue weighted by Crippen LogP contribution is -2.11. The standard InChI is InChI=1S/C19H16FNO2S/c1-13-9-10-24-18(13)19(22)21-16-3-2-4-17(11-16)23-12-14-5-7-15(20)8-6-14/h2-11H,12H2,1H3,(H,21,22). The highest BCUT2D eigenvalue weighted by atomic mass is 32.1. The molecule has 0 aliphatic carbocycles. The fourth-order valence-corrected chi connectivity index (χ4v) is 3.02. The first-order valence-corrected chi connectivity index (χ1v) is 8.32. The number of carbonyl (C=O) groups is 1. The van der Waals surface area contributed by atoms with Gasteiger partial charge in [-0.2, -0.15) is 0 Å². The van der Waals surface area contributed by atoms with E-state index in [9.17, 15) is 9.18 Å². The summed E-state index contributed by atoms with van der Waals surface area (Å²) < 4.78 is 18.6. The Labute approximate surface area is 143 Å². The maximum Gasteiger partial charge on any atom is 0.265 e. The van der Waals surface area contributed by atoms with Crippen molar-refractivity contribution in [2.45, 2.75) is 13.5 Å². The van der Waals surface area contributed by atoms with Crippen LogP contribution in [0.1, 0.15) is 20.8 Å². The summed E-state index contributed by atoms with van der Waals surface area (Å²) in [6.07, 6.45) is 0. The summed E-state index contributed by atoms with van der Waals surface area (Å²) in [5.74, 6) is 0.241. The number of amides is 1. The first kappa shape index (κ1) is 16.2. The van der Waals surface area contributed by atoms with E-state index < -0.39 is 0 Å². The van der Waals surface area contributed by atoms with Gasteiger partial charge in [0.1, 0.15) is 18.2 Å². The second kappa shape index (κ2) is 7.27. The predicted octanol–water partition coefficient (Wildman–Crippen LogP) is 5.03. The monoisotopic (exact) mass is 341 g/mol. The van der Waals surface area contributed by atoms with Crippen molar-refractivity contribution in [2.24, 2.45) is 0 Å². The molecule has 0 bridgehead atoms. The Bertz CT molecular complexity index is 843. The molecule has 3 nitrogen and oxygen atoms in total. The average molecular weight is 341 g/mol. The summed E-state index contributed by atoms with van der Waals surface area (Å²) in [6, 6.07) is 15.3. The molecule has 0 aliphatic heterocycles. The van der Waals surface area contributed by atoms with Gasteiger partial charge in [-0.3, -0.25) is 4.79 Å². The molecule has 0 unspecified atom stereocenters. The molecular weight excluding hydrogens is 325 g/mol. The van der Waals surface area contributed by atoms with Gasteiger partial charge in [-0.05, 0) is 53.8 Å². The molecule has 0 spiro atoms. The zero-order valence-corrected chi connectivity index (χ0v) is 13.9. The van der Waals surface area contributed by atoms with Gasteiger partial charge in [-0.15, -0.1) is 11.3 Å². The highest BCUT2D eigenvalue weighted by Crippen LogP contribution is 2.21. The summed E-state index contributed by atoms with van der Waals surface area (Å²) in [7, 11) is 0. The van der Waals surface area contributed by atoms with E-state index in [0.717, 1.165) is 11.1 Å². The average Bonchev–Trinajstić information content (AvgIpc) is 3.01. The van der Waals surface area contributed by atoms with Crippen molar-refractivity contribution in [3.8, 4) is 5.75 Å². The number of nitrogens with one attached hydrogen (secondary N) is 1. The van der Waals surface area contributed by atoms with E-state index in [0.29, 0.717) is 22.9 Å². The Morgan fingerprint density at radius 3 is 2.67 bits per heavy atom. The Morgan fingerprint density at radius 1 is 1.17 bits per heavy atom. The molecular formula is C19H16FNO2S. The molecule has 0 saturated heterocycles. The van der Waals surface area contributed by atoms with E-state index in [1.165, 1.54) is 23.5 Å². The van der Waals surface area contributed by atoms with Crippen LogP contribution in [0.25, 0.3) is 0 Å². The predicted molar refractivity (Wildman–Crippen MR) is 94.2 cm³/mol. The number of aryl methyl sites for hydroxylation is 1. The normalized spacial score (nSPS) is 10.4. The zero-order chi connectivity index (χ0) is 16.9. The third kappa shape index (κ3) is 4.00. The van der Waals surface area contributed by atoms with Gasteiger partial charge in [0.2, 0.25) is 0 Å². The quantitative estimate of drug-likeness (QED) is 0.707. The number of carbonyl (C=O) groups excluding carboxylic acids is 1. The summed E-state index contributed by atoms with van der Waals surface area (Å²) >= 11 is 1.42. The van der Waals surface area contributed by atoms with Crippen LogP contribution in [0.3, 0.4) is 0 Å². The molecule has 122 valence electrons. The number of benzene rings is 2. The van der Waals surface area contributed by atoms with E-state index in [2.05, 4.69) is 5.32 Å².